The van der Waals surface area contributed by atoms with Gasteiger partial charge >= 0.3 is 5.88 Å². The van der Waals surface area contributed by atoms with Crippen molar-refractivity contribution in [2.75, 3.05) is 13.1 Å². The summed E-state index contributed by atoms with van der Waals surface area (Å²) in [5.41, 5.74) is 1.23. The number of rotatable bonds is 7. The summed E-state index contributed by atoms with van der Waals surface area (Å²) in [5, 5.41) is 13.6. The van der Waals surface area contributed by atoms with Gasteiger partial charge < -0.3 is 14.6 Å². The maximum atomic E-state index is 12.3. The van der Waals surface area contributed by atoms with Gasteiger partial charge in [-0.1, -0.05) is 30.3 Å². The molecule has 0 spiro atoms. The molecule has 1 aromatic heterocycles. The zero-order valence-electron chi connectivity index (χ0n) is 15.0. The third kappa shape index (κ3) is 4.52. The van der Waals surface area contributed by atoms with Crippen LogP contribution in [0.25, 0.3) is 0 Å². The number of nitro groups is 1. The predicted molar refractivity (Wildman–Crippen MR) is 97.1 cm³/mol. The zero-order chi connectivity index (χ0) is 19.4. The van der Waals surface area contributed by atoms with Gasteiger partial charge in [-0.3, -0.25) is 19.7 Å². The van der Waals surface area contributed by atoms with E-state index in [0.29, 0.717) is 0 Å². The van der Waals surface area contributed by atoms with Crippen LogP contribution in [0.15, 0.2) is 46.9 Å². The van der Waals surface area contributed by atoms with Gasteiger partial charge in [0, 0.05) is 19.1 Å². The van der Waals surface area contributed by atoms with Crippen molar-refractivity contribution in [2.24, 2.45) is 5.92 Å². The Morgan fingerprint density at radius 3 is 2.59 bits per heavy atom. The number of carbonyl (C=O) groups is 2. The Kier molecular flexibility index (Phi) is 5.54. The molecule has 1 saturated heterocycles. The molecule has 1 fully saturated rings. The largest absolute Gasteiger partial charge is 0.433 e. The highest BCUT2D eigenvalue weighted by molar-refractivity contribution is 5.94. The minimum atomic E-state index is -0.694. The maximum Gasteiger partial charge on any atom is 0.433 e. The molecular weight excluding hydrogens is 350 g/mol. The molecule has 0 saturated carbocycles. The Labute approximate surface area is 156 Å². The molecule has 27 heavy (non-hydrogen) atoms. The summed E-state index contributed by atoms with van der Waals surface area (Å²) in [4.78, 5) is 35.8. The second-order valence-corrected chi connectivity index (χ2v) is 6.74. The quantitative estimate of drug-likeness (QED) is 0.594. The van der Waals surface area contributed by atoms with Crippen LogP contribution in [0.3, 0.4) is 0 Å². The molecule has 0 radical (unpaired) electrons. The van der Waals surface area contributed by atoms with Gasteiger partial charge in [-0.05, 0) is 31.4 Å². The molecular formula is C19H21N3O5. The second-order valence-electron chi connectivity index (χ2n) is 6.74. The lowest BCUT2D eigenvalue weighted by molar-refractivity contribution is -0.402. The van der Waals surface area contributed by atoms with Crippen molar-refractivity contribution in [3.63, 3.8) is 0 Å². The fourth-order valence-corrected chi connectivity index (χ4v) is 2.97. The normalized spacial score (nSPS) is 15.1. The summed E-state index contributed by atoms with van der Waals surface area (Å²) < 4.78 is 4.91. The van der Waals surface area contributed by atoms with E-state index < -0.39 is 16.7 Å². The summed E-state index contributed by atoms with van der Waals surface area (Å²) in [6, 6.07) is 12.5. The van der Waals surface area contributed by atoms with E-state index in [4.69, 9.17) is 4.42 Å². The fraction of sp³-hybridized carbons (Fsp3) is 0.368. The third-order valence-corrected chi connectivity index (χ3v) is 4.62. The minimum absolute atomic E-state index is 0.0372. The first-order valence-electron chi connectivity index (χ1n) is 8.82. The van der Waals surface area contributed by atoms with Crippen molar-refractivity contribution in [3.8, 4) is 0 Å². The number of aryl methyl sites for hydroxylation is 1. The van der Waals surface area contributed by atoms with Crippen LogP contribution >= 0.6 is 0 Å². The van der Waals surface area contributed by atoms with Gasteiger partial charge in [-0.2, -0.15) is 0 Å². The Balaban J connectivity index is 1.42. The van der Waals surface area contributed by atoms with Crippen molar-refractivity contribution < 1.29 is 18.9 Å². The highest BCUT2D eigenvalue weighted by Crippen LogP contribution is 2.22. The highest BCUT2D eigenvalue weighted by atomic mass is 16.6. The maximum absolute atomic E-state index is 12.3. The second kappa shape index (κ2) is 8.03. The fourth-order valence-electron chi connectivity index (χ4n) is 2.97. The lowest BCUT2D eigenvalue weighted by Crippen LogP contribution is -2.56. The molecule has 1 atom stereocenters. The van der Waals surface area contributed by atoms with Crippen molar-refractivity contribution in [2.45, 2.75) is 25.8 Å². The lowest BCUT2D eigenvalue weighted by atomic mass is 9.97. The molecule has 1 aliphatic rings. The monoisotopic (exact) mass is 371 g/mol. The smallest absolute Gasteiger partial charge is 0.395 e. The van der Waals surface area contributed by atoms with Gasteiger partial charge in [-0.25, -0.2) is 0 Å². The topological polar surface area (TPSA) is 106 Å². The van der Waals surface area contributed by atoms with Gasteiger partial charge in [0.25, 0.3) is 5.91 Å². The number of nitrogens with zero attached hydrogens (tertiary/aromatic N) is 2. The molecule has 1 unspecified atom stereocenters. The van der Waals surface area contributed by atoms with E-state index >= 15 is 0 Å². The number of furan rings is 1. The van der Waals surface area contributed by atoms with Gasteiger partial charge in [0.05, 0.1) is 12.0 Å². The Hall–Kier alpha value is -3.16. The zero-order valence-corrected chi connectivity index (χ0v) is 15.0. The van der Waals surface area contributed by atoms with E-state index in [1.165, 1.54) is 16.5 Å². The Morgan fingerprint density at radius 1 is 1.26 bits per heavy atom. The minimum Gasteiger partial charge on any atom is -0.395 e. The Bertz CT molecular complexity index is 827. The average Bonchev–Trinajstić information content (AvgIpc) is 3.10. The van der Waals surface area contributed by atoms with Crippen LogP contribution in [0.4, 0.5) is 5.88 Å². The van der Waals surface area contributed by atoms with E-state index in [-0.39, 0.29) is 36.7 Å². The molecule has 2 aromatic rings. The molecule has 1 aromatic carbocycles. The van der Waals surface area contributed by atoms with Crippen LogP contribution in [0.2, 0.25) is 0 Å². The summed E-state index contributed by atoms with van der Waals surface area (Å²) in [5.74, 6) is -1.34. The van der Waals surface area contributed by atoms with Crippen LogP contribution in [0, 0.1) is 16.0 Å². The number of likely N-dealkylation sites (tertiary alicyclic amines) is 1. The van der Waals surface area contributed by atoms with Gasteiger partial charge in [0.15, 0.2) is 5.76 Å². The van der Waals surface area contributed by atoms with Crippen LogP contribution in [0.5, 0.6) is 0 Å². The summed E-state index contributed by atoms with van der Waals surface area (Å²) >= 11 is 0. The van der Waals surface area contributed by atoms with Gasteiger partial charge in [-0.15, -0.1) is 0 Å². The summed E-state index contributed by atoms with van der Waals surface area (Å²) in [6.07, 6.45) is 1.72. The van der Waals surface area contributed by atoms with E-state index in [1.54, 1.807) is 0 Å². The van der Waals surface area contributed by atoms with Gasteiger partial charge in [0.1, 0.15) is 4.92 Å². The van der Waals surface area contributed by atoms with Crippen molar-refractivity contribution >= 4 is 17.7 Å². The molecule has 1 aliphatic heterocycles. The first-order valence-corrected chi connectivity index (χ1v) is 8.82. The first kappa shape index (κ1) is 18.6. The standard InChI is InChI=1S/C19H21N3O5/c1-13(7-8-14-5-3-2-4-6-14)20-18(23)15-11-21(12-15)19(24)16-9-10-17(27-16)22(25)26/h2-6,9-10,13,15H,7-8,11-12H2,1H3,(H,20,23). The van der Waals surface area contributed by atoms with Crippen molar-refractivity contribution in [1.82, 2.24) is 10.2 Å². The number of hydrogen-bond donors (Lipinski definition) is 1. The number of benzene rings is 1. The molecule has 0 aliphatic carbocycles. The van der Waals surface area contributed by atoms with E-state index in [2.05, 4.69) is 17.4 Å². The summed E-state index contributed by atoms with van der Waals surface area (Å²) in [6.45, 7) is 2.53. The number of nitrogens with one attached hydrogen (secondary N) is 1. The van der Waals surface area contributed by atoms with Crippen LogP contribution in [0.1, 0.15) is 29.5 Å². The van der Waals surface area contributed by atoms with E-state index in [9.17, 15) is 19.7 Å². The molecule has 1 N–H and O–H groups in total. The predicted octanol–water partition coefficient (Wildman–Crippen LogP) is 2.40. The number of hydrogen-bond acceptors (Lipinski definition) is 5. The van der Waals surface area contributed by atoms with Crippen LogP contribution in [-0.2, 0) is 11.2 Å². The molecule has 8 nitrogen and oxygen atoms in total. The van der Waals surface area contributed by atoms with E-state index in [0.717, 1.165) is 18.9 Å². The molecule has 142 valence electrons. The molecule has 3 rings (SSSR count). The number of carbonyl (C=O) groups excluding carboxylic acids is 2. The lowest BCUT2D eigenvalue weighted by Gasteiger charge is -2.38. The van der Waals surface area contributed by atoms with Crippen LogP contribution in [-0.4, -0.2) is 40.8 Å². The molecule has 0 bridgehead atoms. The molecule has 2 amide bonds. The molecule has 2 heterocycles. The highest BCUT2D eigenvalue weighted by Gasteiger charge is 2.37. The first-order chi connectivity index (χ1) is 12.9. The number of amides is 2. The van der Waals surface area contributed by atoms with Gasteiger partial charge in [0.2, 0.25) is 5.91 Å². The average molecular weight is 371 g/mol. The van der Waals surface area contributed by atoms with Crippen molar-refractivity contribution in [3.05, 3.63) is 63.9 Å². The third-order valence-electron chi connectivity index (χ3n) is 4.62. The summed E-state index contributed by atoms with van der Waals surface area (Å²) in [7, 11) is 0. The van der Waals surface area contributed by atoms with Crippen molar-refractivity contribution in [1.29, 1.82) is 0 Å². The SMILES string of the molecule is CC(CCc1ccccc1)NC(=O)C1CN(C(=O)c2ccc([N+](=O)[O-])o2)C1. The Morgan fingerprint density at radius 2 is 1.96 bits per heavy atom. The van der Waals surface area contributed by atoms with Crippen LogP contribution < -0.4 is 5.32 Å². The molecule has 8 heteroatoms. The van der Waals surface area contributed by atoms with E-state index in [1.807, 2.05) is 25.1 Å².